The summed E-state index contributed by atoms with van der Waals surface area (Å²) in [5, 5.41) is 16.9. The fraction of sp³-hybridized carbons (Fsp3) is 0.154. The molecule has 1 aliphatic heterocycles. The number of hydrogen-bond donors (Lipinski definition) is 3. The molecule has 4 aromatic rings. The first-order valence-corrected chi connectivity index (χ1v) is 13.1. The van der Waals surface area contributed by atoms with Crippen LogP contribution in [0.5, 0.6) is 0 Å². The molecule has 0 amide bonds. The molecule has 2 heterocycles. The predicted octanol–water partition coefficient (Wildman–Crippen LogP) is 4.05. The van der Waals surface area contributed by atoms with Gasteiger partial charge in [0, 0.05) is 23.4 Å². The second-order valence-electron chi connectivity index (χ2n) is 8.95. The number of sulfonamides is 1. The van der Waals surface area contributed by atoms with Gasteiger partial charge in [0.25, 0.3) is 0 Å². The maximum atomic E-state index is 13.6. The van der Waals surface area contributed by atoms with Crippen molar-refractivity contribution in [3.05, 3.63) is 95.3 Å². The number of halogens is 3. The lowest BCUT2D eigenvalue weighted by atomic mass is 10.0. The molecule has 5 rings (SSSR count). The number of nitrogens with zero attached hydrogens (tertiary/aromatic N) is 3. The molecule has 38 heavy (non-hydrogen) atoms. The van der Waals surface area contributed by atoms with Gasteiger partial charge in [-0.2, -0.15) is 18.3 Å². The van der Waals surface area contributed by atoms with Gasteiger partial charge in [0.15, 0.2) is 5.69 Å². The van der Waals surface area contributed by atoms with Crippen molar-refractivity contribution in [2.24, 2.45) is 10.9 Å². The summed E-state index contributed by atoms with van der Waals surface area (Å²) in [5.41, 5.74) is 8.53. The highest BCUT2D eigenvalue weighted by molar-refractivity contribution is 7.89. The van der Waals surface area contributed by atoms with E-state index in [2.05, 4.69) is 5.10 Å². The topological polar surface area (TPSA) is 131 Å². The summed E-state index contributed by atoms with van der Waals surface area (Å²) in [6, 6.07) is 19.3. The number of nitrogens with two attached hydrogens (primary N) is 2. The van der Waals surface area contributed by atoms with Crippen LogP contribution in [-0.2, 0) is 29.2 Å². The largest absolute Gasteiger partial charge is 0.435 e. The number of anilines is 1. The first kappa shape index (κ1) is 25.5. The molecule has 196 valence electrons. The van der Waals surface area contributed by atoms with E-state index in [4.69, 9.17) is 16.3 Å². The molecule has 0 radical (unpaired) electrons. The maximum absolute atomic E-state index is 13.6. The van der Waals surface area contributed by atoms with Crippen LogP contribution in [0.25, 0.3) is 16.8 Å². The molecule has 0 atom stereocenters. The van der Waals surface area contributed by atoms with Crippen LogP contribution in [0.4, 0.5) is 18.9 Å². The Morgan fingerprint density at radius 3 is 2.50 bits per heavy atom. The van der Waals surface area contributed by atoms with Gasteiger partial charge in [-0.15, -0.1) is 0 Å². The van der Waals surface area contributed by atoms with Gasteiger partial charge in [-0.1, -0.05) is 36.4 Å². The molecule has 8 nitrogen and oxygen atoms in total. The molecular formula is C26H23F3N6O2S. The molecule has 3 aromatic carbocycles. The van der Waals surface area contributed by atoms with E-state index >= 15 is 0 Å². The van der Waals surface area contributed by atoms with Crippen LogP contribution in [-0.4, -0.2) is 30.6 Å². The molecule has 0 bridgehead atoms. The van der Waals surface area contributed by atoms with E-state index < -0.39 is 21.9 Å². The van der Waals surface area contributed by atoms with Gasteiger partial charge < -0.3 is 10.6 Å². The number of fused-ring (bicyclic) bond motifs is 1. The van der Waals surface area contributed by atoms with Gasteiger partial charge in [-0.05, 0) is 53.9 Å². The lowest BCUT2D eigenvalue weighted by molar-refractivity contribution is -0.141. The summed E-state index contributed by atoms with van der Waals surface area (Å²) in [7, 11) is -3.93. The standard InChI is InChI=1S/C26H23F3N6O2S/c27-26(28,29)24-14-20(35(33-24)19-5-3-4-18(13-19)25(30)31)15-34-11-10-17-12-16(8-9-22(17)34)21-6-1-2-7-23(21)38(32,36)37/h1-9,12-14H,10-11,15H2,(H3,30,31)(H2,32,36,37). The molecule has 0 saturated carbocycles. The van der Waals surface area contributed by atoms with E-state index in [1.807, 2.05) is 17.0 Å². The van der Waals surface area contributed by atoms with Gasteiger partial charge in [-0.3, -0.25) is 5.41 Å². The van der Waals surface area contributed by atoms with Gasteiger partial charge >= 0.3 is 6.18 Å². The molecule has 0 fully saturated rings. The zero-order valence-corrected chi connectivity index (χ0v) is 20.7. The third-order valence-corrected chi connectivity index (χ3v) is 7.37. The van der Waals surface area contributed by atoms with Crippen LogP contribution in [0, 0.1) is 5.41 Å². The number of alkyl halides is 3. The van der Waals surface area contributed by atoms with E-state index in [1.165, 1.54) is 16.8 Å². The van der Waals surface area contributed by atoms with E-state index in [1.54, 1.807) is 42.5 Å². The zero-order valence-electron chi connectivity index (χ0n) is 19.9. The molecule has 0 saturated heterocycles. The average molecular weight is 541 g/mol. The number of nitrogen functional groups attached to an aromatic ring is 1. The smallest absolute Gasteiger partial charge is 0.384 e. The van der Waals surface area contributed by atoms with Crippen molar-refractivity contribution in [1.82, 2.24) is 9.78 Å². The lowest BCUT2D eigenvalue weighted by Crippen LogP contribution is -2.21. The van der Waals surface area contributed by atoms with Crippen molar-refractivity contribution < 1.29 is 21.6 Å². The highest BCUT2D eigenvalue weighted by Gasteiger charge is 2.35. The molecule has 5 N–H and O–H groups in total. The summed E-state index contributed by atoms with van der Waals surface area (Å²) in [6.07, 6.45) is -4.01. The third-order valence-electron chi connectivity index (χ3n) is 6.40. The van der Waals surface area contributed by atoms with E-state index in [-0.39, 0.29) is 17.3 Å². The number of aromatic nitrogens is 2. The van der Waals surface area contributed by atoms with Crippen molar-refractivity contribution in [3.63, 3.8) is 0 Å². The highest BCUT2D eigenvalue weighted by atomic mass is 32.2. The van der Waals surface area contributed by atoms with E-state index in [0.717, 1.165) is 17.3 Å². The number of benzene rings is 3. The molecule has 0 aliphatic carbocycles. The van der Waals surface area contributed by atoms with Gasteiger partial charge in [0.2, 0.25) is 10.0 Å². The predicted molar refractivity (Wildman–Crippen MR) is 138 cm³/mol. The Bertz CT molecular complexity index is 1660. The second-order valence-corrected chi connectivity index (χ2v) is 10.5. The van der Waals surface area contributed by atoms with Gasteiger partial charge in [-0.25, -0.2) is 18.2 Å². The number of hydrogen-bond acceptors (Lipinski definition) is 5. The Morgan fingerprint density at radius 1 is 1.03 bits per heavy atom. The van der Waals surface area contributed by atoms with Crippen molar-refractivity contribution in [1.29, 1.82) is 5.41 Å². The number of rotatable bonds is 6. The van der Waals surface area contributed by atoms with Crippen LogP contribution in [0.2, 0.25) is 0 Å². The van der Waals surface area contributed by atoms with Crippen molar-refractivity contribution >= 4 is 21.5 Å². The number of primary sulfonamides is 1. The van der Waals surface area contributed by atoms with Crippen LogP contribution in [0.3, 0.4) is 0 Å². The quantitative estimate of drug-likeness (QED) is 0.251. The molecule has 0 unspecified atom stereocenters. The highest BCUT2D eigenvalue weighted by Crippen LogP contribution is 2.36. The van der Waals surface area contributed by atoms with E-state index in [0.29, 0.717) is 41.0 Å². The number of amidine groups is 1. The monoisotopic (exact) mass is 540 g/mol. The van der Waals surface area contributed by atoms with Crippen LogP contribution in [0.15, 0.2) is 77.7 Å². The SMILES string of the molecule is N=C(N)c1cccc(-n2nc(C(F)(F)F)cc2CN2CCc3cc(-c4ccccc4S(N)(=O)=O)ccc32)c1. The Hall–Kier alpha value is -4.16. The molecule has 1 aliphatic rings. The summed E-state index contributed by atoms with van der Waals surface area (Å²) in [5.74, 6) is -0.204. The van der Waals surface area contributed by atoms with Crippen LogP contribution in [0.1, 0.15) is 22.5 Å². The zero-order chi connectivity index (χ0) is 27.2. The van der Waals surface area contributed by atoms with Crippen molar-refractivity contribution in [2.75, 3.05) is 11.4 Å². The minimum absolute atomic E-state index is 0.0196. The summed E-state index contributed by atoms with van der Waals surface area (Å²) < 4.78 is 66.1. The fourth-order valence-electron chi connectivity index (χ4n) is 4.65. The van der Waals surface area contributed by atoms with Crippen LogP contribution >= 0.6 is 0 Å². The van der Waals surface area contributed by atoms with Gasteiger partial charge in [0.05, 0.1) is 22.8 Å². The van der Waals surface area contributed by atoms with Gasteiger partial charge in [0.1, 0.15) is 5.84 Å². The molecule has 12 heteroatoms. The summed E-state index contributed by atoms with van der Waals surface area (Å²) in [4.78, 5) is 1.97. The Labute approximate surface area is 216 Å². The van der Waals surface area contributed by atoms with Crippen molar-refractivity contribution in [2.45, 2.75) is 24.0 Å². The third kappa shape index (κ3) is 4.87. The maximum Gasteiger partial charge on any atom is 0.435 e. The lowest BCUT2D eigenvalue weighted by Gasteiger charge is -2.20. The van der Waals surface area contributed by atoms with Crippen molar-refractivity contribution in [3.8, 4) is 16.8 Å². The first-order chi connectivity index (χ1) is 17.9. The van der Waals surface area contributed by atoms with E-state index in [9.17, 15) is 21.6 Å². The average Bonchev–Trinajstić information content (AvgIpc) is 3.48. The molecule has 1 aromatic heterocycles. The van der Waals surface area contributed by atoms with Crippen LogP contribution < -0.4 is 15.8 Å². The molecule has 0 spiro atoms. The minimum atomic E-state index is -4.63. The Morgan fingerprint density at radius 2 is 1.79 bits per heavy atom. The summed E-state index contributed by atoms with van der Waals surface area (Å²) in [6.45, 7) is 0.698. The minimum Gasteiger partial charge on any atom is -0.384 e. The summed E-state index contributed by atoms with van der Waals surface area (Å²) >= 11 is 0. The molecular weight excluding hydrogens is 517 g/mol. The normalized spacial score (nSPS) is 13.5. The number of nitrogens with one attached hydrogen (secondary N) is 1. The Kier molecular flexibility index (Phi) is 6.24. The Balaban J connectivity index is 1.51. The first-order valence-electron chi connectivity index (χ1n) is 11.5. The fourth-order valence-corrected chi connectivity index (χ4v) is 5.41. The second kappa shape index (κ2) is 9.30.